The second kappa shape index (κ2) is 4.20. The maximum absolute atomic E-state index is 13.4. The molecule has 2 N–H and O–H groups in total. The van der Waals surface area contributed by atoms with Crippen LogP contribution in [-0.4, -0.2) is 14.5 Å². The Labute approximate surface area is 113 Å². The van der Waals surface area contributed by atoms with Gasteiger partial charge in [0.2, 0.25) is 5.95 Å². The standard InChI is InChI=1S/C13H10ClFN4/c1-7-2-5-10-12(17-7)19(13(16)18-10)11-6-8(15)3-4-9(11)14/h2-6H,1H3,(H2,16,18). The molecule has 6 heteroatoms. The number of hydrogen-bond acceptors (Lipinski definition) is 3. The van der Waals surface area contributed by atoms with Crippen LogP contribution in [0.5, 0.6) is 0 Å². The molecule has 0 aliphatic rings. The first-order chi connectivity index (χ1) is 9.06. The van der Waals surface area contributed by atoms with Gasteiger partial charge in [0.05, 0.1) is 10.7 Å². The third kappa shape index (κ3) is 1.92. The van der Waals surface area contributed by atoms with Crippen LogP contribution >= 0.6 is 11.6 Å². The van der Waals surface area contributed by atoms with Gasteiger partial charge in [-0.25, -0.2) is 14.4 Å². The zero-order valence-corrected chi connectivity index (χ0v) is 10.8. The van der Waals surface area contributed by atoms with Gasteiger partial charge in [-0.3, -0.25) is 4.57 Å². The van der Waals surface area contributed by atoms with Crippen molar-refractivity contribution in [3.8, 4) is 5.69 Å². The molecule has 0 aliphatic carbocycles. The first-order valence-electron chi connectivity index (χ1n) is 5.63. The number of anilines is 1. The molecule has 0 unspecified atom stereocenters. The predicted molar refractivity (Wildman–Crippen MR) is 73.0 cm³/mol. The van der Waals surface area contributed by atoms with Gasteiger partial charge in [-0.05, 0) is 37.3 Å². The Kier molecular flexibility index (Phi) is 2.64. The average Bonchev–Trinajstić information content (AvgIpc) is 2.68. The number of fused-ring (bicyclic) bond motifs is 1. The summed E-state index contributed by atoms with van der Waals surface area (Å²) in [4.78, 5) is 8.58. The van der Waals surface area contributed by atoms with Gasteiger partial charge in [-0.1, -0.05) is 11.6 Å². The summed E-state index contributed by atoms with van der Waals surface area (Å²) >= 11 is 6.10. The number of nitrogens with two attached hydrogens (primary N) is 1. The first-order valence-corrected chi connectivity index (χ1v) is 6.01. The zero-order valence-electron chi connectivity index (χ0n) is 10.1. The van der Waals surface area contributed by atoms with Crippen molar-refractivity contribution in [2.24, 2.45) is 0 Å². The quantitative estimate of drug-likeness (QED) is 0.743. The number of rotatable bonds is 1. The molecule has 0 atom stereocenters. The molecule has 0 aliphatic heterocycles. The molecule has 96 valence electrons. The molecule has 0 amide bonds. The van der Waals surface area contributed by atoms with Crippen LogP contribution in [-0.2, 0) is 0 Å². The van der Waals surface area contributed by atoms with Crippen LogP contribution in [0.3, 0.4) is 0 Å². The molecular formula is C13H10ClFN4. The summed E-state index contributed by atoms with van der Waals surface area (Å²) in [6.07, 6.45) is 0. The smallest absolute Gasteiger partial charge is 0.207 e. The normalized spacial score (nSPS) is 11.1. The number of nitrogen functional groups attached to an aromatic ring is 1. The fourth-order valence-electron chi connectivity index (χ4n) is 1.96. The summed E-state index contributed by atoms with van der Waals surface area (Å²) in [6.45, 7) is 1.86. The second-order valence-corrected chi connectivity index (χ2v) is 4.60. The minimum atomic E-state index is -0.395. The Bertz CT molecular complexity index is 782. The molecule has 0 radical (unpaired) electrons. The van der Waals surface area contributed by atoms with Gasteiger partial charge >= 0.3 is 0 Å². The van der Waals surface area contributed by atoms with E-state index in [4.69, 9.17) is 17.3 Å². The van der Waals surface area contributed by atoms with E-state index in [1.807, 2.05) is 19.1 Å². The number of aryl methyl sites for hydroxylation is 1. The van der Waals surface area contributed by atoms with Crippen LogP contribution in [0.15, 0.2) is 30.3 Å². The van der Waals surface area contributed by atoms with E-state index in [-0.39, 0.29) is 5.95 Å². The van der Waals surface area contributed by atoms with Crippen LogP contribution in [0.1, 0.15) is 5.69 Å². The zero-order chi connectivity index (χ0) is 13.6. The molecule has 3 aromatic rings. The highest BCUT2D eigenvalue weighted by Gasteiger charge is 2.14. The van der Waals surface area contributed by atoms with E-state index in [2.05, 4.69) is 9.97 Å². The van der Waals surface area contributed by atoms with E-state index in [1.54, 1.807) is 4.57 Å². The highest BCUT2D eigenvalue weighted by molar-refractivity contribution is 6.32. The fourth-order valence-corrected chi connectivity index (χ4v) is 2.17. The summed E-state index contributed by atoms with van der Waals surface area (Å²) in [5.74, 6) is -0.172. The van der Waals surface area contributed by atoms with E-state index < -0.39 is 5.82 Å². The van der Waals surface area contributed by atoms with Gasteiger partial charge in [0.1, 0.15) is 11.3 Å². The van der Waals surface area contributed by atoms with Gasteiger partial charge < -0.3 is 5.73 Å². The van der Waals surface area contributed by atoms with E-state index >= 15 is 0 Å². The summed E-state index contributed by atoms with van der Waals surface area (Å²) in [6, 6.07) is 7.74. The SMILES string of the molecule is Cc1ccc2nc(N)n(-c3cc(F)ccc3Cl)c2n1. The molecule has 19 heavy (non-hydrogen) atoms. The monoisotopic (exact) mass is 276 g/mol. The number of pyridine rings is 1. The van der Waals surface area contributed by atoms with Crippen molar-refractivity contribution in [3.05, 3.63) is 46.9 Å². The highest BCUT2D eigenvalue weighted by atomic mass is 35.5. The van der Waals surface area contributed by atoms with Crippen molar-refractivity contribution in [2.75, 3.05) is 5.73 Å². The molecule has 2 aromatic heterocycles. The maximum atomic E-state index is 13.4. The molecule has 0 saturated carbocycles. The molecule has 0 saturated heterocycles. The second-order valence-electron chi connectivity index (χ2n) is 4.20. The third-order valence-electron chi connectivity index (χ3n) is 2.82. The topological polar surface area (TPSA) is 56.7 Å². The van der Waals surface area contributed by atoms with Gasteiger partial charge in [0, 0.05) is 5.69 Å². The number of imidazole rings is 1. The third-order valence-corrected chi connectivity index (χ3v) is 3.14. The van der Waals surface area contributed by atoms with E-state index in [0.717, 1.165) is 5.69 Å². The van der Waals surface area contributed by atoms with Crippen molar-refractivity contribution in [1.29, 1.82) is 0 Å². The Hall–Kier alpha value is -2.14. The van der Waals surface area contributed by atoms with Gasteiger partial charge in [-0.2, -0.15) is 0 Å². The Morgan fingerprint density at radius 3 is 2.79 bits per heavy atom. The molecule has 0 spiro atoms. The lowest BCUT2D eigenvalue weighted by atomic mass is 10.3. The van der Waals surface area contributed by atoms with Crippen molar-refractivity contribution in [3.63, 3.8) is 0 Å². The Morgan fingerprint density at radius 1 is 1.21 bits per heavy atom. The fraction of sp³-hybridized carbons (Fsp3) is 0.0769. The van der Waals surface area contributed by atoms with Crippen LogP contribution in [0.2, 0.25) is 5.02 Å². The molecule has 2 heterocycles. The van der Waals surface area contributed by atoms with Gasteiger partial charge in [0.15, 0.2) is 5.65 Å². The average molecular weight is 277 g/mol. The summed E-state index contributed by atoms with van der Waals surface area (Å²) < 4.78 is 14.9. The first kappa shape index (κ1) is 11.9. The van der Waals surface area contributed by atoms with Crippen LogP contribution in [0.25, 0.3) is 16.9 Å². The van der Waals surface area contributed by atoms with E-state index in [9.17, 15) is 4.39 Å². The number of nitrogens with zero attached hydrogens (tertiary/aromatic N) is 3. The molecular weight excluding hydrogens is 267 g/mol. The predicted octanol–water partition coefficient (Wildman–Crippen LogP) is 3.10. The molecule has 1 aromatic carbocycles. The largest absolute Gasteiger partial charge is 0.369 e. The van der Waals surface area contributed by atoms with Gasteiger partial charge in [0.25, 0.3) is 0 Å². The van der Waals surface area contributed by atoms with Crippen molar-refractivity contribution >= 4 is 28.7 Å². The lowest BCUT2D eigenvalue weighted by molar-refractivity contribution is 0.627. The molecule has 4 nitrogen and oxygen atoms in total. The van der Waals surface area contributed by atoms with Crippen molar-refractivity contribution in [2.45, 2.75) is 6.92 Å². The molecule has 0 bridgehead atoms. The van der Waals surface area contributed by atoms with Crippen molar-refractivity contribution in [1.82, 2.24) is 14.5 Å². The van der Waals surface area contributed by atoms with E-state index in [1.165, 1.54) is 18.2 Å². The van der Waals surface area contributed by atoms with Gasteiger partial charge in [-0.15, -0.1) is 0 Å². The number of benzene rings is 1. The minimum absolute atomic E-state index is 0.223. The number of hydrogen-bond donors (Lipinski definition) is 1. The van der Waals surface area contributed by atoms with Crippen molar-refractivity contribution < 1.29 is 4.39 Å². The lowest BCUT2D eigenvalue weighted by Gasteiger charge is -2.08. The maximum Gasteiger partial charge on any atom is 0.207 e. The van der Waals surface area contributed by atoms with Crippen LogP contribution < -0.4 is 5.73 Å². The molecule has 0 fully saturated rings. The number of aromatic nitrogens is 3. The summed E-state index contributed by atoms with van der Waals surface area (Å²) in [5.41, 5.74) is 8.34. The Balaban J connectivity index is 2.38. The van der Waals surface area contributed by atoms with E-state index in [0.29, 0.717) is 21.9 Å². The highest BCUT2D eigenvalue weighted by Crippen LogP contribution is 2.27. The molecule has 3 rings (SSSR count). The van der Waals surface area contributed by atoms with Crippen LogP contribution in [0.4, 0.5) is 10.3 Å². The summed E-state index contributed by atoms with van der Waals surface area (Å²) in [7, 11) is 0. The summed E-state index contributed by atoms with van der Waals surface area (Å²) in [5, 5.41) is 0.385. The Morgan fingerprint density at radius 2 is 2.00 bits per heavy atom. The lowest BCUT2D eigenvalue weighted by Crippen LogP contribution is -2.03. The number of halogens is 2. The van der Waals surface area contributed by atoms with Crippen LogP contribution in [0, 0.1) is 12.7 Å². The minimum Gasteiger partial charge on any atom is -0.369 e.